The fourth-order valence-corrected chi connectivity index (χ4v) is 1.63. The fourth-order valence-electron chi connectivity index (χ4n) is 1.63. The zero-order chi connectivity index (χ0) is 17.1. The molecule has 1 heterocycles. The molecule has 9 heteroatoms. The summed E-state index contributed by atoms with van der Waals surface area (Å²) in [4.78, 5) is 27.1. The molecule has 0 saturated heterocycles. The number of pyridine rings is 1. The van der Waals surface area contributed by atoms with Crippen molar-refractivity contribution in [3.05, 3.63) is 23.5 Å². The van der Waals surface area contributed by atoms with Crippen molar-refractivity contribution in [1.82, 2.24) is 9.88 Å². The van der Waals surface area contributed by atoms with Crippen molar-refractivity contribution in [3.8, 4) is 0 Å². The van der Waals surface area contributed by atoms with Gasteiger partial charge in [0.05, 0.1) is 17.3 Å². The molecule has 1 aromatic heterocycles. The van der Waals surface area contributed by atoms with E-state index >= 15 is 0 Å². The minimum absolute atomic E-state index is 0.0165. The van der Waals surface area contributed by atoms with E-state index in [9.17, 15) is 22.8 Å². The van der Waals surface area contributed by atoms with Crippen LogP contribution in [0.25, 0.3) is 0 Å². The van der Waals surface area contributed by atoms with Gasteiger partial charge in [-0.1, -0.05) is 6.92 Å². The van der Waals surface area contributed by atoms with Crippen LogP contribution in [-0.4, -0.2) is 40.6 Å². The molecule has 0 spiro atoms. The number of aromatic nitrogens is 1. The SMILES string of the molecule is Cc1nc(C(F)(F)F)ccc1NC(=O)N(C)CC(C)C(=O)O. The van der Waals surface area contributed by atoms with Crippen LogP contribution in [0.5, 0.6) is 0 Å². The Bertz CT molecular complexity index is 575. The molecule has 2 amide bonds. The second-order valence-corrected chi connectivity index (χ2v) is 4.88. The Balaban J connectivity index is 2.78. The monoisotopic (exact) mass is 319 g/mol. The van der Waals surface area contributed by atoms with E-state index in [0.717, 1.165) is 17.0 Å². The zero-order valence-electron chi connectivity index (χ0n) is 12.2. The Morgan fingerprint density at radius 2 is 2.00 bits per heavy atom. The van der Waals surface area contributed by atoms with E-state index in [4.69, 9.17) is 5.11 Å². The molecule has 6 nitrogen and oxygen atoms in total. The summed E-state index contributed by atoms with van der Waals surface area (Å²) >= 11 is 0. The van der Waals surface area contributed by atoms with Crippen molar-refractivity contribution in [2.45, 2.75) is 20.0 Å². The number of carboxylic acids is 1. The number of urea groups is 1. The van der Waals surface area contributed by atoms with Crippen LogP contribution in [0.2, 0.25) is 0 Å². The van der Waals surface area contributed by atoms with Crippen LogP contribution >= 0.6 is 0 Å². The quantitative estimate of drug-likeness (QED) is 0.893. The standard InChI is InChI=1S/C13H16F3N3O3/c1-7(11(20)21)6-19(3)12(22)18-9-4-5-10(13(14,15)16)17-8(9)2/h4-5,7H,6H2,1-3H3,(H,18,22)(H,20,21). The molecule has 1 unspecified atom stereocenters. The Morgan fingerprint density at radius 3 is 2.45 bits per heavy atom. The molecular weight excluding hydrogens is 303 g/mol. The third-order valence-electron chi connectivity index (χ3n) is 2.93. The summed E-state index contributed by atoms with van der Waals surface area (Å²) < 4.78 is 37.5. The van der Waals surface area contributed by atoms with Gasteiger partial charge in [0.2, 0.25) is 0 Å². The van der Waals surface area contributed by atoms with Crippen LogP contribution in [0.1, 0.15) is 18.3 Å². The largest absolute Gasteiger partial charge is 0.481 e. The number of hydrogen-bond donors (Lipinski definition) is 2. The van der Waals surface area contributed by atoms with Gasteiger partial charge in [-0.05, 0) is 19.1 Å². The van der Waals surface area contributed by atoms with Crippen LogP contribution in [0, 0.1) is 12.8 Å². The Morgan fingerprint density at radius 1 is 1.41 bits per heavy atom. The summed E-state index contributed by atoms with van der Waals surface area (Å²) in [5.41, 5.74) is -0.897. The molecule has 1 rings (SSSR count). The highest BCUT2D eigenvalue weighted by Gasteiger charge is 2.32. The Labute approximate surface area is 124 Å². The van der Waals surface area contributed by atoms with E-state index in [2.05, 4.69) is 10.3 Å². The highest BCUT2D eigenvalue weighted by molar-refractivity contribution is 5.90. The molecule has 0 fully saturated rings. The molecule has 0 aliphatic rings. The number of rotatable bonds is 4. The normalized spacial score (nSPS) is 12.6. The molecule has 0 radical (unpaired) electrons. The lowest BCUT2D eigenvalue weighted by Crippen LogP contribution is -2.36. The molecule has 0 saturated carbocycles. The van der Waals surface area contributed by atoms with Gasteiger partial charge < -0.3 is 15.3 Å². The number of carbonyl (C=O) groups excluding carboxylic acids is 1. The molecule has 0 aliphatic heterocycles. The number of aliphatic carboxylic acids is 1. The summed E-state index contributed by atoms with van der Waals surface area (Å²) in [6.45, 7) is 2.75. The van der Waals surface area contributed by atoms with Gasteiger partial charge in [0.15, 0.2) is 0 Å². The maximum atomic E-state index is 12.5. The molecule has 0 aliphatic carbocycles. The molecule has 0 bridgehead atoms. The van der Waals surface area contributed by atoms with Gasteiger partial charge >= 0.3 is 18.2 Å². The van der Waals surface area contributed by atoms with Gasteiger partial charge in [-0.3, -0.25) is 4.79 Å². The molecule has 2 N–H and O–H groups in total. The van der Waals surface area contributed by atoms with Crippen LogP contribution in [-0.2, 0) is 11.0 Å². The fraction of sp³-hybridized carbons (Fsp3) is 0.462. The highest BCUT2D eigenvalue weighted by Crippen LogP contribution is 2.29. The summed E-state index contributed by atoms with van der Waals surface area (Å²) in [7, 11) is 1.39. The summed E-state index contributed by atoms with van der Waals surface area (Å²) in [6, 6.07) is 1.25. The van der Waals surface area contributed by atoms with Gasteiger partial charge in [0.1, 0.15) is 5.69 Å². The third kappa shape index (κ3) is 4.61. The number of anilines is 1. The number of aryl methyl sites for hydroxylation is 1. The number of halogens is 3. The number of nitrogens with zero attached hydrogens (tertiary/aromatic N) is 2. The number of alkyl halides is 3. The van der Waals surface area contributed by atoms with Gasteiger partial charge in [-0.25, -0.2) is 9.78 Å². The Hall–Kier alpha value is -2.32. The van der Waals surface area contributed by atoms with E-state index in [1.165, 1.54) is 20.9 Å². The average Bonchev–Trinajstić information content (AvgIpc) is 2.39. The smallest absolute Gasteiger partial charge is 0.433 e. The predicted molar refractivity (Wildman–Crippen MR) is 72.4 cm³/mol. The number of nitrogens with one attached hydrogen (secondary N) is 1. The molecular formula is C13H16F3N3O3. The topological polar surface area (TPSA) is 82.5 Å². The van der Waals surface area contributed by atoms with Crippen LogP contribution in [0.15, 0.2) is 12.1 Å². The van der Waals surface area contributed by atoms with Gasteiger partial charge in [0, 0.05) is 13.6 Å². The molecule has 122 valence electrons. The first-order chi connectivity index (χ1) is 10.0. The second kappa shape index (κ2) is 6.63. The molecule has 1 aromatic rings. The molecule has 22 heavy (non-hydrogen) atoms. The van der Waals surface area contributed by atoms with Crippen LogP contribution in [0.3, 0.4) is 0 Å². The van der Waals surface area contributed by atoms with E-state index in [-0.39, 0.29) is 17.9 Å². The van der Waals surface area contributed by atoms with Crippen molar-refractivity contribution in [2.24, 2.45) is 5.92 Å². The molecule has 1 atom stereocenters. The van der Waals surface area contributed by atoms with Crippen molar-refractivity contribution < 1.29 is 27.9 Å². The van der Waals surface area contributed by atoms with Crippen LogP contribution < -0.4 is 5.32 Å². The van der Waals surface area contributed by atoms with E-state index < -0.39 is 29.8 Å². The number of carboxylic acid groups (broad SMARTS) is 1. The number of hydrogen-bond acceptors (Lipinski definition) is 3. The first kappa shape index (κ1) is 17.7. The predicted octanol–water partition coefficient (Wildman–Crippen LogP) is 2.59. The first-order valence-electron chi connectivity index (χ1n) is 6.32. The van der Waals surface area contributed by atoms with Crippen LogP contribution in [0.4, 0.5) is 23.7 Å². The highest BCUT2D eigenvalue weighted by atomic mass is 19.4. The average molecular weight is 319 g/mol. The zero-order valence-corrected chi connectivity index (χ0v) is 12.2. The Kier molecular flexibility index (Phi) is 5.34. The summed E-state index contributed by atoms with van der Waals surface area (Å²) in [5.74, 6) is -1.81. The van der Waals surface area contributed by atoms with Gasteiger partial charge in [0.25, 0.3) is 0 Å². The lowest BCUT2D eigenvalue weighted by atomic mass is 10.2. The van der Waals surface area contributed by atoms with E-state index in [0.29, 0.717) is 0 Å². The number of amides is 2. The maximum absolute atomic E-state index is 12.5. The lowest BCUT2D eigenvalue weighted by Gasteiger charge is -2.20. The van der Waals surface area contributed by atoms with E-state index in [1.807, 2.05) is 0 Å². The van der Waals surface area contributed by atoms with Crippen molar-refractivity contribution in [2.75, 3.05) is 18.9 Å². The van der Waals surface area contributed by atoms with Crippen molar-refractivity contribution >= 4 is 17.7 Å². The summed E-state index contributed by atoms with van der Waals surface area (Å²) in [6.07, 6.45) is -4.55. The first-order valence-corrected chi connectivity index (χ1v) is 6.32. The maximum Gasteiger partial charge on any atom is 0.433 e. The number of carbonyl (C=O) groups is 2. The van der Waals surface area contributed by atoms with Crippen molar-refractivity contribution in [1.29, 1.82) is 0 Å². The second-order valence-electron chi connectivity index (χ2n) is 4.88. The third-order valence-corrected chi connectivity index (χ3v) is 2.93. The van der Waals surface area contributed by atoms with Crippen molar-refractivity contribution in [3.63, 3.8) is 0 Å². The van der Waals surface area contributed by atoms with Gasteiger partial charge in [-0.15, -0.1) is 0 Å². The van der Waals surface area contributed by atoms with Gasteiger partial charge in [-0.2, -0.15) is 13.2 Å². The minimum Gasteiger partial charge on any atom is -0.481 e. The summed E-state index contributed by atoms with van der Waals surface area (Å²) in [5, 5.41) is 11.2. The van der Waals surface area contributed by atoms with E-state index in [1.54, 1.807) is 0 Å². The lowest BCUT2D eigenvalue weighted by molar-refractivity contribution is -0.142. The molecule has 0 aromatic carbocycles. The minimum atomic E-state index is -4.55.